The van der Waals surface area contributed by atoms with Crippen molar-refractivity contribution < 1.29 is 27.9 Å². The number of carboxylic acid groups (broad SMARTS) is 1. The first kappa shape index (κ1) is 30.7. The highest BCUT2D eigenvalue weighted by Gasteiger charge is 2.34. The average molecular weight is 594 g/mol. The molecular formula is C30H35N5O6S. The molecule has 5 rings (SSSR count). The number of ether oxygens (including phenoxy) is 1. The topological polar surface area (TPSA) is 166 Å². The van der Waals surface area contributed by atoms with Crippen LogP contribution in [0.15, 0.2) is 83.8 Å². The summed E-state index contributed by atoms with van der Waals surface area (Å²) in [6.45, 7) is 3.53. The molecule has 0 aliphatic carbocycles. The number of cyclic esters (lactones) is 1. The zero-order valence-corrected chi connectivity index (χ0v) is 24.1. The number of benzene rings is 3. The third-order valence-electron chi connectivity index (χ3n) is 7.01. The Morgan fingerprint density at radius 1 is 1.00 bits per heavy atom. The molecular weight excluding hydrogens is 558 g/mol. The first-order valence-corrected chi connectivity index (χ1v) is 15.0. The van der Waals surface area contributed by atoms with Crippen LogP contribution in [0.2, 0.25) is 0 Å². The van der Waals surface area contributed by atoms with Crippen molar-refractivity contribution in [1.29, 1.82) is 5.41 Å². The fourth-order valence-corrected chi connectivity index (χ4v) is 6.22. The van der Waals surface area contributed by atoms with Crippen molar-refractivity contribution in [3.8, 4) is 11.1 Å². The number of nitrogens with zero attached hydrogens (tertiary/aromatic N) is 2. The molecule has 42 heavy (non-hydrogen) atoms. The van der Waals surface area contributed by atoms with Crippen molar-refractivity contribution in [3.05, 3.63) is 84.4 Å². The molecule has 1 atom stereocenters. The number of sulfonamides is 1. The van der Waals surface area contributed by atoms with Crippen LogP contribution in [-0.4, -0.2) is 74.6 Å². The number of hydrogen-bond donors (Lipinski definition) is 4. The summed E-state index contributed by atoms with van der Waals surface area (Å²) in [5.41, 5.74) is 8.81. The smallest absolute Gasteiger partial charge is 0.414 e. The quantitative estimate of drug-likeness (QED) is 0.228. The van der Waals surface area contributed by atoms with Gasteiger partial charge in [-0.1, -0.05) is 42.5 Å². The molecule has 2 saturated heterocycles. The molecule has 0 saturated carbocycles. The van der Waals surface area contributed by atoms with E-state index in [1.807, 2.05) is 42.5 Å². The number of nitrogens with one attached hydrogen (secondary N) is 2. The molecule has 2 heterocycles. The van der Waals surface area contributed by atoms with Crippen molar-refractivity contribution >= 4 is 33.6 Å². The summed E-state index contributed by atoms with van der Waals surface area (Å²) in [4.78, 5) is 25.5. The molecule has 1 unspecified atom stereocenters. The van der Waals surface area contributed by atoms with Crippen LogP contribution in [0.4, 0.5) is 10.5 Å². The number of likely N-dealkylation sites (tertiary alicyclic amines) is 1. The Morgan fingerprint density at radius 2 is 1.57 bits per heavy atom. The first-order chi connectivity index (χ1) is 20.0. The van der Waals surface area contributed by atoms with Gasteiger partial charge in [-0.05, 0) is 73.5 Å². The van der Waals surface area contributed by atoms with Crippen LogP contribution in [0.25, 0.3) is 11.1 Å². The molecule has 12 heteroatoms. The summed E-state index contributed by atoms with van der Waals surface area (Å²) >= 11 is 0. The number of aliphatic carboxylic acids is 1. The van der Waals surface area contributed by atoms with E-state index in [1.54, 1.807) is 41.3 Å². The van der Waals surface area contributed by atoms with E-state index in [-0.39, 0.29) is 22.9 Å². The Labute approximate surface area is 245 Å². The van der Waals surface area contributed by atoms with Gasteiger partial charge in [-0.25, -0.2) is 17.9 Å². The number of carbonyl (C=O) groups is 2. The second kappa shape index (κ2) is 13.6. The monoisotopic (exact) mass is 593 g/mol. The molecule has 1 amide bonds. The first-order valence-electron chi connectivity index (χ1n) is 13.5. The number of piperidine rings is 1. The molecule has 2 fully saturated rings. The fraction of sp³-hybridized carbons (Fsp3) is 0.300. The molecule has 0 aromatic heterocycles. The Kier molecular flexibility index (Phi) is 9.94. The SMILES string of the molecule is CC(=O)O.N=C(N)c1ccc(N2CC(CN3CCC(NS(=O)(=O)c4ccc(-c5ccccc5)cc4)CC3)OC2=O)cc1. The number of anilines is 1. The van der Waals surface area contributed by atoms with Gasteiger partial charge in [0.15, 0.2) is 0 Å². The van der Waals surface area contributed by atoms with Crippen molar-refractivity contribution in [2.24, 2.45) is 5.73 Å². The highest BCUT2D eigenvalue weighted by atomic mass is 32.2. The highest BCUT2D eigenvalue weighted by Crippen LogP contribution is 2.24. The lowest BCUT2D eigenvalue weighted by Crippen LogP contribution is -2.46. The van der Waals surface area contributed by atoms with Gasteiger partial charge in [0, 0.05) is 30.8 Å². The number of rotatable bonds is 8. The van der Waals surface area contributed by atoms with Crippen LogP contribution in [0.3, 0.4) is 0 Å². The van der Waals surface area contributed by atoms with E-state index in [1.165, 1.54) is 0 Å². The normalized spacial score (nSPS) is 17.7. The van der Waals surface area contributed by atoms with E-state index < -0.39 is 22.1 Å². The Morgan fingerprint density at radius 3 is 2.14 bits per heavy atom. The van der Waals surface area contributed by atoms with Crippen LogP contribution in [0.1, 0.15) is 25.3 Å². The largest absolute Gasteiger partial charge is 0.481 e. The van der Waals surface area contributed by atoms with E-state index >= 15 is 0 Å². The van der Waals surface area contributed by atoms with E-state index in [0.717, 1.165) is 18.1 Å². The Balaban J connectivity index is 0.000000952. The molecule has 2 aliphatic rings. The van der Waals surface area contributed by atoms with Crippen molar-refractivity contribution in [3.63, 3.8) is 0 Å². The third-order valence-corrected chi connectivity index (χ3v) is 8.54. The fourth-order valence-electron chi connectivity index (χ4n) is 4.91. The minimum absolute atomic E-state index is 0.0231. The van der Waals surface area contributed by atoms with Gasteiger partial charge in [0.25, 0.3) is 5.97 Å². The zero-order valence-electron chi connectivity index (χ0n) is 23.3. The number of carbonyl (C=O) groups excluding carboxylic acids is 1. The molecule has 5 N–H and O–H groups in total. The van der Waals surface area contributed by atoms with Crippen molar-refractivity contribution in [2.45, 2.75) is 36.8 Å². The molecule has 3 aromatic carbocycles. The second-order valence-electron chi connectivity index (χ2n) is 10.2. The second-order valence-corrected chi connectivity index (χ2v) is 11.9. The Bertz CT molecular complexity index is 1490. The predicted octanol–water partition coefficient (Wildman–Crippen LogP) is 3.50. The van der Waals surface area contributed by atoms with Gasteiger partial charge in [0.2, 0.25) is 10.0 Å². The molecule has 3 aromatic rings. The van der Waals surface area contributed by atoms with Crippen LogP contribution in [0.5, 0.6) is 0 Å². The van der Waals surface area contributed by atoms with E-state index in [9.17, 15) is 13.2 Å². The predicted molar refractivity (Wildman–Crippen MR) is 160 cm³/mol. The molecule has 11 nitrogen and oxygen atoms in total. The maximum Gasteiger partial charge on any atom is 0.414 e. The van der Waals surface area contributed by atoms with Gasteiger partial charge in [-0.15, -0.1) is 0 Å². The summed E-state index contributed by atoms with van der Waals surface area (Å²) < 4.78 is 34.4. The molecule has 2 aliphatic heterocycles. The van der Waals surface area contributed by atoms with Crippen LogP contribution >= 0.6 is 0 Å². The Hall–Kier alpha value is -4.26. The zero-order chi connectivity index (χ0) is 30.3. The maximum atomic E-state index is 13.0. The van der Waals surface area contributed by atoms with Gasteiger partial charge >= 0.3 is 6.09 Å². The maximum absolute atomic E-state index is 13.0. The van der Waals surface area contributed by atoms with Gasteiger partial charge in [0.05, 0.1) is 11.4 Å². The van der Waals surface area contributed by atoms with Gasteiger partial charge in [-0.3, -0.25) is 20.0 Å². The highest BCUT2D eigenvalue weighted by molar-refractivity contribution is 7.89. The lowest BCUT2D eigenvalue weighted by molar-refractivity contribution is -0.134. The van der Waals surface area contributed by atoms with Gasteiger partial charge in [-0.2, -0.15) is 0 Å². The number of hydrogen-bond acceptors (Lipinski definition) is 7. The molecule has 0 spiro atoms. The summed E-state index contributed by atoms with van der Waals surface area (Å²) in [6.07, 6.45) is 0.689. The van der Waals surface area contributed by atoms with Gasteiger partial charge in [0.1, 0.15) is 11.9 Å². The standard InChI is InChI=1S/C28H31N5O4S.C2H4O2/c29-27(30)22-6-10-24(11-7-22)33-19-25(37-28(33)34)18-32-16-14-23(15-17-32)31-38(35,36)26-12-8-21(9-13-26)20-4-2-1-3-5-20;1-2(3)4/h1-13,23,25,31H,14-19H2,(H3,29,30);1H3,(H,3,4). The number of amides is 1. The number of amidine groups is 1. The summed E-state index contributed by atoms with van der Waals surface area (Å²) in [5, 5.41) is 14.9. The van der Waals surface area contributed by atoms with Crippen LogP contribution < -0.4 is 15.4 Å². The number of carboxylic acids is 1. The number of nitrogen functional groups attached to an aromatic ring is 1. The third kappa shape index (κ3) is 8.15. The van der Waals surface area contributed by atoms with E-state index in [4.69, 9.17) is 25.8 Å². The molecule has 222 valence electrons. The van der Waals surface area contributed by atoms with Crippen molar-refractivity contribution in [2.75, 3.05) is 31.1 Å². The summed E-state index contributed by atoms with van der Waals surface area (Å²) in [7, 11) is -3.62. The lowest BCUT2D eigenvalue weighted by atomic mass is 10.1. The van der Waals surface area contributed by atoms with Crippen molar-refractivity contribution in [1.82, 2.24) is 9.62 Å². The van der Waals surface area contributed by atoms with E-state index in [2.05, 4.69) is 9.62 Å². The van der Waals surface area contributed by atoms with Crippen LogP contribution in [-0.2, 0) is 19.6 Å². The minimum Gasteiger partial charge on any atom is -0.481 e. The van der Waals surface area contributed by atoms with E-state index in [0.29, 0.717) is 50.3 Å². The summed E-state index contributed by atoms with van der Waals surface area (Å²) in [5.74, 6) is -0.856. The molecule has 0 radical (unpaired) electrons. The minimum atomic E-state index is -3.62. The average Bonchev–Trinajstić information content (AvgIpc) is 3.34. The van der Waals surface area contributed by atoms with Crippen LogP contribution in [0, 0.1) is 5.41 Å². The van der Waals surface area contributed by atoms with Gasteiger partial charge < -0.3 is 15.6 Å². The lowest BCUT2D eigenvalue weighted by Gasteiger charge is -2.33. The summed E-state index contributed by atoms with van der Waals surface area (Å²) in [6, 6.07) is 23.6. The molecule has 0 bridgehead atoms. The number of nitrogens with two attached hydrogens (primary N) is 1.